The SMILES string of the molecule is Cc1ccc2c(CN3CC(C)(O)C3)cc(=O)oc2c1. The second-order valence-corrected chi connectivity index (χ2v) is 5.73. The predicted molar refractivity (Wildman–Crippen MR) is 73.1 cm³/mol. The van der Waals surface area contributed by atoms with Gasteiger partial charge in [0.2, 0.25) is 0 Å². The first-order chi connectivity index (χ1) is 8.93. The molecule has 3 rings (SSSR count). The van der Waals surface area contributed by atoms with Crippen LogP contribution in [-0.4, -0.2) is 28.7 Å². The van der Waals surface area contributed by atoms with Gasteiger partial charge >= 0.3 is 5.63 Å². The molecule has 1 aliphatic heterocycles. The van der Waals surface area contributed by atoms with E-state index in [-0.39, 0.29) is 5.63 Å². The van der Waals surface area contributed by atoms with Crippen LogP contribution < -0.4 is 5.63 Å². The van der Waals surface area contributed by atoms with Gasteiger partial charge in [0, 0.05) is 31.1 Å². The summed E-state index contributed by atoms with van der Waals surface area (Å²) < 4.78 is 5.23. The van der Waals surface area contributed by atoms with Crippen LogP contribution in [0.25, 0.3) is 11.0 Å². The van der Waals surface area contributed by atoms with Crippen LogP contribution in [0.1, 0.15) is 18.1 Å². The topological polar surface area (TPSA) is 53.7 Å². The zero-order valence-corrected chi connectivity index (χ0v) is 11.1. The average Bonchev–Trinajstić information content (AvgIpc) is 2.25. The Morgan fingerprint density at radius 1 is 1.37 bits per heavy atom. The molecule has 0 atom stereocenters. The van der Waals surface area contributed by atoms with E-state index in [2.05, 4.69) is 4.90 Å². The van der Waals surface area contributed by atoms with Crippen molar-refractivity contribution in [1.29, 1.82) is 0 Å². The molecule has 4 heteroatoms. The third-order valence-corrected chi connectivity index (χ3v) is 3.51. The fourth-order valence-corrected chi connectivity index (χ4v) is 2.74. The van der Waals surface area contributed by atoms with Gasteiger partial charge in [0.1, 0.15) is 5.58 Å². The van der Waals surface area contributed by atoms with E-state index in [1.165, 1.54) is 0 Å². The molecule has 1 aromatic heterocycles. The van der Waals surface area contributed by atoms with Crippen LogP contribution in [0.5, 0.6) is 0 Å². The Kier molecular flexibility index (Phi) is 2.73. The van der Waals surface area contributed by atoms with Crippen molar-refractivity contribution in [2.75, 3.05) is 13.1 Å². The van der Waals surface area contributed by atoms with E-state index in [0.717, 1.165) is 16.5 Å². The van der Waals surface area contributed by atoms with Crippen LogP contribution in [0, 0.1) is 6.92 Å². The van der Waals surface area contributed by atoms with Gasteiger partial charge in [-0.2, -0.15) is 0 Å². The lowest BCUT2D eigenvalue weighted by Gasteiger charge is -2.44. The molecule has 100 valence electrons. The van der Waals surface area contributed by atoms with Gasteiger partial charge in [0.05, 0.1) is 5.60 Å². The Balaban J connectivity index is 1.97. The van der Waals surface area contributed by atoms with E-state index < -0.39 is 5.60 Å². The molecule has 2 aromatic rings. The number of fused-ring (bicyclic) bond motifs is 1. The van der Waals surface area contributed by atoms with Crippen molar-refractivity contribution in [1.82, 2.24) is 4.90 Å². The van der Waals surface area contributed by atoms with Crippen molar-refractivity contribution in [2.24, 2.45) is 0 Å². The summed E-state index contributed by atoms with van der Waals surface area (Å²) in [6.45, 7) is 5.74. The summed E-state index contributed by atoms with van der Waals surface area (Å²) in [7, 11) is 0. The van der Waals surface area contributed by atoms with Crippen LogP contribution in [0.4, 0.5) is 0 Å². The fourth-order valence-electron chi connectivity index (χ4n) is 2.74. The number of benzene rings is 1. The minimum absolute atomic E-state index is 0.319. The van der Waals surface area contributed by atoms with Crippen molar-refractivity contribution in [2.45, 2.75) is 26.0 Å². The van der Waals surface area contributed by atoms with E-state index in [0.29, 0.717) is 25.2 Å². The van der Waals surface area contributed by atoms with Gasteiger partial charge < -0.3 is 9.52 Å². The summed E-state index contributed by atoms with van der Waals surface area (Å²) in [5.74, 6) is 0. The number of likely N-dealkylation sites (tertiary alicyclic amines) is 1. The van der Waals surface area contributed by atoms with Crippen LogP contribution >= 0.6 is 0 Å². The van der Waals surface area contributed by atoms with Crippen molar-refractivity contribution in [3.05, 3.63) is 45.8 Å². The van der Waals surface area contributed by atoms with Gasteiger partial charge in [0.25, 0.3) is 0 Å². The van der Waals surface area contributed by atoms with E-state index in [1.807, 2.05) is 32.0 Å². The number of aryl methyl sites for hydroxylation is 1. The maximum Gasteiger partial charge on any atom is 0.336 e. The monoisotopic (exact) mass is 259 g/mol. The second-order valence-electron chi connectivity index (χ2n) is 5.73. The Hall–Kier alpha value is -1.65. The highest BCUT2D eigenvalue weighted by Crippen LogP contribution is 2.25. The van der Waals surface area contributed by atoms with Crippen molar-refractivity contribution in [3.8, 4) is 0 Å². The largest absolute Gasteiger partial charge is 0.423 e. The molecule has 0 aliphatic carbocycles. The number of nitrogens with zero attached hydrogens (tertiary/aromatic N) is 1. The average molecular weight is 259 g/mol. The first kappa shape index (κ1) is 12.4. The first-order valence-electron chi connectivity index (χ1n) is 6.41. The molecule has 1 aliphatic rings. The molecular formula is C15H17NO3. The standard InChI is InChI=1S/C15H17NO3/c1-10-3-4-12-11(6-14(17)19-13(12)5-10)7-16-8-15(2,18)9-16/h3-6,18H,7-9H2,1-2H3. The summed E-state index contributed by atoms with van der Waals surface area (Å²) >= 11 is 0. The fraction of sp³-hybridized carbons (Fsp3) is 0.400. The predicted octanol–water partition coefficient (Wildman–Crippen LogP) is 1.67. The molecule has 1 N–H and O–H groups in total. The second kappa shape index (κ2) is 4.18. The van der Waals surface area contributed by atoms with Crippen LogP contribution in [0.2, 0.25) is 0 Å². The number of β-amino-alcohol motifs (C(OH)–C–C–N with tert-alkyl or cyclic N) is 1. The molecule has 2 heterocycles. The molecule has 0 unspecified atom stereocenters. The first-order valence-corrected chi connectivity index (χ1v) is 6.41. The highest BCUT2D eigenvalue weighted by atomic mass is 16.4. The molecule has 0 spiro atoms. The highest BCUT2D eigenvalue weighted by Gasteiger charge is 2.36. The molecule has 19 heavy (non-hydrogen) atoms. The zero-order chi connectivity index (χ0) is 13.6. The molecule has 0 radical (unpaired) electrons. The smallest absolute Gasteiger partial charge is 0.336 e. The Morgan fingerprint density at radius 2 is 2.11 bits per heavy atom. The third kappa shape index (κ3) is 2.41. The van der Waals surface area contributed by atoms with Crippen LogP contribution in [0.3, 0.4) is 0 Å². The van der Waals surface area contributed by atoms with Gasteiger partial charge in [-0.05, 0) is 31.0 Å². The van der Waals surface area contributed by atoms with Crippen molar-refractivity contribution in [3.63, 3.8) is 0 Å². The summed E-state index contributed by atoms with van der Waals surface area (Å²) in [6, 6.07) is 7.43. The van der Waals surface area contributed by atoms with Gasteiger partial charge in [-0.25, -0.2) is 4.79 Å². The maximum absolute atomic E-state index is 11.6. The minimum Gasteiger partial charge on any atom is -0.423 e. The van der Waals surface area contributed by atoms with Crippen molar-refractivity contribution < 1.29 is 9.52 Å². The summed E-state index contributed by atoms with van der Waals surface area (Å²) in [5.41, 5.74) is 1.75. The lowest BCUT2D eigenvalue weighted by Crippen LogP contribution is -2.59. The van der Waals surface area contributed by atoms with Crippen molar-refractivity contribution >= 4 is 11.0 Å². The minimum atomic E-state index is -0.591. The van der Waals surface area contributed by atoms with E-state index in [1.54, 1.807) is 6.07 Å². The quantitative estimate of drug-likeness (QED) is 0.833. The molecule has 4 nitrogen and oxygen atoms in total. The van der Waals surface area contributed by atoms with Crippen LogP contribution in [-0.2, 0) is 6.54 Å². The lowest BCUT2D eigenvalue weighted by molar-refractivity contribution is -0.0870. The molecule has 1 aromatic carbocycles. The maximum atomic E-state index is 11.6. The summed E-state index contributed by atoms with van der Waals surface area (Å²) in [4.78, 5) is 13.7. The van der Waals surface area contributed by atoms with E-state index >= 15 is 0 Å². The Morgan fingerprint density at radius 3 is 2.79 bits per heavy atom. The summed E-state index contributed by atoms with van der Waals surface area (Å²) in [5, 5.41) is 10.7. The number of rotatable bonds is 2. The van der Waals surface area contributed by atoms with Gasteiger partial charge in [-0.3, -0.25) is 4.90 Å². The Bertz CT molecular complexity index is 679. The molecule has 0 saturated carbocycles. The molecule has 0 bridgehead atoms. The molecule has 0 amide bonds. The normalized spacial score (nSPS) is 18.5. The summed E-state index contributed by atoms with van der Waals surface area (Å²) in [6.07, 6.45) is 0. The van der Waals surface area contributed by atoms with Gasteiger partial charge in [-0.1, -0.05) is 12.1 Å². The number of hydrogen-bond donors (Lipinski definition) is 1. The Labute approximate surface area is 111 Å². The van der Waals surface area contributed by atoms with Gasteiger partial charge in [-0.15, -0.1) is 0 Å². The lowest BCUT2D eigenvalue weighted by atomic mass is 9.96. The molecule has 1 saturated heterocycles. The highest BCUT2D eigenvalue weighted by molar-refractivity contribution is 5.80. The zero-order valence-electron chi connectivity index (χ0n) is 11.1. The number of hydrogen-bond acceptors (Lipinski definition) is 4. The van der Waals surface area contributed by atoms with Gasteiger partial charge in [0.15, 0.2) is 0 Å². The third-order valence-electron chi connectivity index (χ3n) is 3.51. The van der Waals surface area contributed by atoms with E-state index in [9.17, 15) is 9.90 Å². The molecule has 1 fully saturated rings. The van der Waals surface area contributed by atoms with E-state index in [4.69, 9.17) is 4.42 Å². The number of aliphatic hydroxyl groups is 1. The molecular weight excluding hydrogens is 242 g/mol. The van der Waals surface area contributed by atoms with Crippen LogP contribution in [0.15, 0.2) is 33.5 Å².